The van der Waals surface area contributed by atoms with E-state index in [1.165, 1.54) is 11.6 Å². The molecule has 0 aliphatic carbocycles. The van der Waals surface area contributed by atoms with Gasteiger partial charge in [-0.2, -0.15) is 0 Å². The molecule has 1 aromatic carbocycles. The molecule has 2 rings (SSSR count). The molecule has 3 heteroatoms. The summed E-state index contributed by atoms with van der Waals surface area (Å²) in [6.45, 7) is 4.33. The van der Waals surface area contributed by atoms with Crippen molar-refractivity contribution in [3.63, 3.8) is 0 Å². The van der Waals surface area contributed by atoms with Gasteiger partial charge in [0.1, 0.15) is 11.5 Å². The number of aromatic hydroxyl groups is 2. The molecule has 0 saturated heterocycles. The molecule has 0 unspecified atom stereocenters. The first-order chi connectivity index (χ1) is 9.56. The van der Waals surface area contributed by atoms with Crippen molar-refractivity contribution in [3.05, 3.63) is 53.9 Å². The molecule has 0 radical (unpaired) electrons. The number of aromatic nitrogens is 1. The first kappa shape index (κ1) is 14.4. The van der Waals surface area contributed by atoms with Crippen LogP contribution in [0.3, 0.4) is 0 Å². The quantitative estimate of drug-likeness (QED) is 0.868. The highest BCUT2D eigenvalue weighted by atomic mass is 16.3. The second-order valence-corrected chi connectivity index (χ2v) is 5.44. The minimum Gasteiger partial charge on any atom is -0.508 e. The highest BCUT2D eigenvalue weighted by Gasteiger charge is 2.15. The maximum atomic E-state index is 9.57. The molecule has 0 saturated carbocycles. The predicted molar refractivity (Wildman–Crippen MR) is 79.9 cm³/mol. The van der Waals surface area contributed by atoms with Gasteiger partial charge in [-0.1, -0.05) is 13.8 Å². The van der Waals surface area contributed by atoms with Crippen LogP contribution in [0.2, 0.25) is 0 Å². The summed E-state index contributed by atoms with van der Waals surface area (Å²) in [5, 5.41) is 19.1. The fraction of sp³-hybridized carbons (Fsp3) is 0.353. The highest BCUT2D eigenvalue weighted by Crippen LogP contribution is 2.32. The Bertz CT molecular complexity index is 534. The highest BCUT2D eigenvalue weighted by molar-refractivity contribution is 5.38. The van der Waals surface area contributed by atoms with E-state index in [4.69, 9.17) is 0 Å². The Morgan fingerprint density at radius 2 is 1.60 bits per heavy atom. The number of benzene rings is 1. The van der Waals surface area contributed by atoms with Gasteiger partial charge in [-0.05, 0) is 60.1 Å². The van der Waals surface area contributed by atoms with Crippen molar-refractivity contribution in [1.29, 1.82) is 0 Å². The third-order valence-electron chi connectivity index (χ3n) is 3.94. The van der Waals surface area contributed by atoms with Crippen LogP contribution in [-0.2, 0) is 6.42 Å². The third-order valence-corrected chi connectivity index (χ3v) is 3.94. The standard InChI is InChI=1S/C17H21NO2/c1-12(3-4-14-5-7-18-8-6-14)13(2)15-9-16(19)11-17(20)10-15/h5-13,19-20H,3-4H2,1-2H3/t12-,13-/m1/s1. The fourth-order valence-corrected chi connectivity index (χ4v) is 2.40. The zero-order chi connectivity index (χ0) is 14.5. The first-order valence-electron chi connectivity index (χ1n) is 6.98. The summed E-state index contributed by atoms with van der Waals surface area (Å²) in [6.07, 6.45) is 5.70. The van der Waals surface area contributed by atoms with Gasteiger partial charge in [0.05, 0.1) is 0 Å². The van der Waals surface area contributed by atoms with Gasteiger partial charge in [-0.3, -0.25) is 4.98 Å². The van der Waals surface area contributed by atoms with Crippen molar-refractivity contribution in [1.82, 2.24) is 4.98 Å². The lowest BCUT2D eigenvalue weighted by atomic mass is 9.85. The second-order valence-electron chi connectivity index (χ2n) is 5.44. The normalized spacial score (nSPS) is 13.9. The molecule has 2 N–H and O–H groups in total. The largest absolute Gasteiger partial charge is 0.508 e. The molecule has 1 heterocycles. The molecule has 0 aliphatic heterocycles. The molecule has 0 bridgehead atoms. The Balaban J connectivity index is 1.99. The lowest BCUT2D eigenvalue weighted by Crippen LogP contribution is -2.07. The van der Waals surface area contributed by atoms with Gasteiger partial charge in [0.15, 0.2) is 0 Å². The van der Waals surface area contributed by atoms with Crippen LogP contribution in [0.15, 0.2) is 42.7 Å². The average Bonchev–Trinajstić information content (AvgIpc) is 2.44. The molecule has 2 aromatic rings. The van der Waals surface area contributed by atoms with E-state index in [0.29, 0.717) is 5.92 Å². The number of phenols is 2. The molecule has 0 spiro atoms. The number of hydrogen-bond acceptors (Lipinski definition) is 3. The molecule has 106 valence electrons. The zero-order valence-corrected chi connectivity index (χ0v) is 12.0. The number of aryl methyl sites for hydroxylation is 1. The summed E-state index contributed by atoms with van der Waals surface area (Å²) < 4.78 is 0. The van der Waals surface area contributed by atoms with Crippen molar-refractivity contribution >= 4 is 0 Å². The SMILES string of the molecule is C[C@H](CCc1ccncc1)[C@@H](C)c1cc(O)cc(O)c1. The molecule has 0 aliphatic rings. The van der Waals surface area contributed by atoms with Crippen LogP contribution in [0.1, 0.15) is 37.3 Å². The van der Waals surface area contributed by atoms with Gasteiger partial charge < -0.3 is 10.2 Å². The third kappa shape index (κ3) is 3.73. The maximum absolute atomic E-state index is 9.57. The van der Waals surface area contributed by atoms with Gasteiger partial charge in [0.2, 0.25) is 0 Å². The van der Waals surface area contributed by atoms with E-state index in [2.05, 4.69) is 18.8 Å². The van der Waals surface area contributed by atoms with E-state index in [1.807, 2.05) is 24.5 Å². The summed E-state index contributed by atoms with van der Waals surface area (Å²) in [6, 6.07) is 8.90. The van der Waals surface area contributed by atoms with Crippen molar-refractivity contribution in [2.45, 2.75) is 32.6 Å². The van der Waals surface area contributed by atoms with Gasteiger partial charge in [-0.15, -0.1) is 0 Å². The minimum atomic E-state index is 0.119. The lowest BCUT2D eigenvalue weighted by molar-refractivity contribution is 0.432. The minimum absolute atomic E-state index is 0.119. The van der Waals surface area contributed by atoms with E-state index >= 15 is 0 Å². The monoisotopic (exact) mass is 271 g/mol. The van der Waals surface area contributed by atoms with Gasteiger partial charge in [0, 0.05) is 18.5 Å². The van der Waals surface area contributed by atoms with Crippen LogP contribution in [-0.4, -0.2) is 15.2 Å². The number of hydrogen-bond donors (Lipinski definition) is 2. The molecule has 2 atom stereocenters. The van der Waals surface area contributed by atoms with Crippen molar-refractivity contribution in [2.75, 3.05) is 0 Å². The van der Waals surface area contributed by atoms with Crippen LogP contribution in [0, 0.1) is 5.92 Å². The van der Waals surface area contributed by atoms with Gasteiger partial charge in [-0.25, -0.2) is 0 Å². The van der Waals surface area contributed by atoms with Crippen LogP contribution in [0.4, 0.5) is 0 Å². The molecular weight excluding hydrogens is 250 g/mol. The predicted octanol–water partition coefficient (Wildman–Crippen LogP) is 3.87. The summed E-state index contributed by atoms with van der Waals surface area (Å²) >= 11 is 0. The van der Waals surface area contributed by atoms with E-state index < -0.39 is 0 Å². The molecule has 1 aromatic heterocycles. The molecule has 0 amide bonds. The Hall–Kier alpha value is -2.03. The summed E-state index contributed by atoms with van der Waals surface area (Å²) in [7, 11) is 0. The Kier molecular flexibility index (Phi) is 4.61. The first-order valence-corrected chi connectivity index (χ1v) is 6.98. The van der Waals surface area contributed by atoms with E-state index in [0.717, 1.165) is 18.4 Å². The van der Waals surface area contributed by atoms with E-state index in [-0.39, 0.29) is 17.4 Å². The number of nitrogens with zero attached hydrogens (tertiary/aromatic N) is 1. The summed E-state index contributed by atoms with van der Waals surface area (Å²) in [5.41, 5.74) is 2.27. The van der Waals surface area contributed by atoms with Crippen LogP contribution in [0.25, 0.3) is 0 Å². The van der Waals surface area contributed by atoms with Crippen molar-refractivity contribution in [2.24, 2.45) is 5.92 Å². The maximum Gasteiger partial charge on any atom is 0.119 e. The van der Waals surface area contributed by atoms with E-state index in [1.54, 1.807) is 12.1 Å². The Morgan fingerprint density at radius 3 is 2.20 bits per heavy atom. The molecular formula is C17H21NO2. The van der Waals surface area contributed by atoms with Crippen LogP contribution in [0.5, 0.6) is 11.5 Å². The summed E-state index contributed by atoms with van der Waals surface area (Å²) in [4.78, 5) is 4.02. The molecule has 20 heavy (non-hydrogen) atoms. The zero-order valence-electron chi connectivity index (χ0n) is 12.0. The second kappa shape index (κ2) is 6.42. The van der Waals surface area contributed by atoms with E-state index in [9.17, 15) is 10.2 Å². The number of pyridine rings is 1. The van der Waals surface area contributed by atoms with Crippen molar-refractivity contribution < 1.29 is 10.2 Å². The van der Waals surface area contributed by atoms with Crippen molar-refractivity contribution in [3.8, 4) is 11.5 Å². The smallest absolute Gasteiger partial charge is 0.119 e. The van der Waals surface area contributed by atoms with Crippen LogP contribution < -0.4 is 0 Å². The fourth-order valence-electron chi connectivity index (χ4n) is 2.40. The summed E-state index contributed by atoms with van der Waals surface area (Å²) in [5.74, 6) is 0.987. The average molecular weight is 271 g/mol. The number of rotatable bonds is 5. The molecule has 0 fully saturated rings. The van der Waals surface area contributed by atoms with Crippen LogP contribution >= 0.6 is 0 Å². The van der Waals surface area contributed by atoms with Gasteiger partial charge in [0.25, 0.3) is 0 Å². The lowest BCUT2D eigenvalue weighted by Gasteiger charge is -2.20. The number of phenolic OH excluding ortho intramolecular Hbond substituents is 2. The Morgan fingerprint density at radius 1 is 1.00 bits per heavy atom. The topological polar surface area (TPSA) is 53.4 Å². The van der Waals surface area contributed by atoms with Gasteiger partial charge >= 0.3 is 0 Å². The molecule has 3 nitrogen and oxygen atoms in total. The Labute approximate surface area is 119 Å².